The smallest absolute Gasteiger partial charge is 0.146 e. The molecule has 0 aliphatic carbocycles. The van der Waals surface area contributed by atoms with E-state index in [-0.39, 0.29) is 0 Å². The lowest BCUT2D eigenvalue weighted by atomic mass is 10.0. The highest BCUT2D eigenvalue weighted by Gasteiger charge is 2.16. The van der Waals surface area contributed by atoms with Gasteiger partial charge in [-0.1, -0.05) is 60.7 Å². The van der Waals surface area contributed by atoms with E-state index in [1.807, 2.05) is 0 Å². The van der Waals surface area contributed by atoms with Gasteiger partial charge in [0.15, 0.2) is 0 Å². The second kappa shape index (κ2) is 5.92. The van der Waals surface area contributed by atoms with Gasteiger partial charge in [0.25, 0.3) is 0 Å². The molecule has 6 aromatic rings. The minimum atomic E-state index is 1.02. The second-order valence-electron chi connectivity index (χ2n) is 7.84. The molecule has 0 spiro atoms. The molecule has 0 bridgehead atoms. The first-order valence-corrected chi connectivity index (χ1v) is 10.00. The fourth-order valence-electron chi connectivity index (χ4n) is 4.43. The Balaban J connectivity index is 1.90. The molecule has 6 rings (SSSR count). The number of fused-ring (bicyclic) bond motifs is 7. The zero-order valence-corrected chi connectivity index (χ0v) is 16.5. The summed E-state index contributed by atoms with van der Waals surface area (Å²) in [5.74, 6) is 0. The highest BCUT2D eigenvalue weighted by atomic mass is 15.0. The van der Waals surface area contributed by atoms with Crippen LogP contribution in [0.1, 0.15) is 11.1 Å². The maximum atomic E-state index is 5.10. The number of benzene rings is 4. The zero-order valence-electron chi connectivity index (χ0n) is 16.5. The molecule has 4 aromatic carbocycles. The molecular formula is C27H20N2. The summed E-state index contributed by atoms with van der Waals surface area (Å²) in [5.41, 5.74) is 8.17. The minimum absolute atomic E-state index is 1.02. The van der Waals surface area contributed by atoms with Crippen molar-refractivity contribution in [3.63, 3.8) is 0 Å². The molecule has 0 atom stereocenters. The van der Waals surface area contributed by atoms with E-state index in [0.29, 0.717) is 0 Å². The number of aryl methyl sites for hydroxylation is 2. The predicted octanol–water partition coefficient (Wildman–Crippen LogP) is 7.08. The first-order valence-electron chi connectivity index (χ1n) is 10.00. The van der Waals surface area contributed by atoms with Crippen molar-refractivity contribution >= 4 is 38.2 Å². The molecule has 0 amide bonds. The second-order valence-corrected chi connectivity index (χ2v) is 7.84. The van der Waals surface area contributed by atoms with E-state index in [4.69, 9.17) is 4.98 Å². The van der Waals surface area contributed by atoms with Crippen LogP contribution in [0.3, 0.4) is 0 Å². The molecule has 0 aliphatic rings. The Hall–Kier alpha value is -3.65. The lowest BCUT2D eigenvalue weighted by Crippen LogP contribution is -1.95. The summed E-state index contributed by atoms with van der Waals surface area (Å²) < 4.78 is 2.33. The summed E-state index contributed by atoms with van der Waals surface area (Å²) in [7, 11) is 0. The summed E-state index contributed by atoms with van der Waals surface area (Å²) in [4.78, 5) is 5.10. The number of aromatic nitrogens is 2. The van der Waals surface area contributed by atoms with E-state index in [1.165, 1.54) is 43.9 Å². The van der Waals surface area contributed by atoms with E-state index >= 15 is 0 Å². The minimum Gasteiger partial charge on any atom is -0.292 e. The summed E-state index contributed by atoms with van der Waals surface area (Å²) >= 11 is 0. The van der Waals surface area contributed by atoms with Crippen molar-refractivity contribution in [1.82, 2.24) is 9.38 Å². The third-order valence-corrected chi connectivity index (χ3v) is 6.07. The lowest BCUT2D eigenvalue weighted by molar-refractivity contribution is 1.24. The summed E-state index contributed by atoms with van der Waals surface area (Å²) in [6.07, 6.45) is 0. The average Bonchev–Trinajstić information content (AvgIpc) is 3.12. The molecule has 2 heterocycles. The molecule has 138 valence electrons. The van der Waals surface area contributed by atoms with Crippen molar-refractivity contribution < 1.29 is 0 Å². The van der Waals surface area contributed by atoms with Crippen molar-refractivity contribution in [2.75, 3.05) is 0 Å². The number of rotatable bonds is 1. The molecule has 29 heavy (non-hydrogen) atoms. The molecular weight excluding hydrogens is 352 g/mol. The first-order chi connectivity index (χ1) is 14.2. The monoisotopic (exact) mass is 372 g/mol. The maximum Gasteiger partial charge on any atom is 0.146 e. The van der Waals surface area contributed by atoms with E-state index in [9.17, 15) is 0 Å². The molecule has 0 fully saturated rings. The van der Waals surface area contributed by atoms with Crippen molar-refractivity contribution in [3.05, 3.63) is 96.1 Å². The van der Waals surface area contributed by atoms with Crippen LogP contribution in [0.2, 0.25) is 0 Å². The first kappa shape index (κ1) is 16.3. The Labute approximate surface area is 169 Å². The quantitative estimate of drug-likeness (QED) is 0.282. The van der Waals surface area contributed by atoms with Crippen LogP contribution in [-0.2, 0) is 0 Å². The van der Waals surface area contributed by atoms with Crippen LogP contribution in [-0.4, -0.2) is 9.38 Å². The van der Waals surface area contributed by atoms with Crippen molar-refractivity contribution in [3.8, 4) is 11.3 Å². The molecule has 0 unspecified atom stereocenters. The van der Waals surface area contributed by atoms with Gasteiger partial charge in [0.05, 0.1) is 16.7 Å². The van der Waals surface area contributed by atoms with Gasteiger partial charge in [-0.25, -0.2) is 4.98 Å². The molecule has 2 nitrogen and oxygen atoms in total. The van der Waals surface area contributed by atoms with Crippen molar-refractivity contribution in [2.24, 2.45) is 0 Å². The van der Waals surface area contributed by atoms with Crippen LogP contribution in [0.25, 0.3) is 49.5 Å². The normalized spacial score (nSPS) is 11.8. The van der Waals surface area contributed by atoms with Gasteiger partial charge in [-0.2, -0.15) is 0 Å². The Morgan fingerprint density at radius 2 is 1.41 bits per heavy atom. The van der Waals surface area contributed by atoms with Crippen LogP contribution < -0.4 is 0 Å². The van der Waals surface area contributed by atoms with Crippen LogP contribution >= 0.6 is 0 Å². The Morgan fingerprint density at radius 3 is 2.28 bits per heavy atom. The number of hydrogen-bond donors (Lipinski definition) is 0. The van der Waals surface area contributed by atoms with Crippen LogP contribution in [0.5, 0.6) is 0 Å². The Kier molecular flexibility index (Phi) is 3.33. The Morgan fingerprint density at radius 1 is 0.655 bits per heavy atom. The summed E-state index contributed by atoms with van der Waals surface area (Å²) in [5, 5.41) is 4.96. The van der Waals surface area contributed by atoms with Gasteiger partial charge in [0.1, 0.15) is 5.65 Å². The summed E-state index contributed by atoms with van der Waals surface area (Å²) in [6, 6.07) is 30.4. The number of pyridine rings is 1. The van der Waals surface area contributed by atoms with E-state index in [1.54, 1.807) is 0 Å². The molecule has 0 N–H and O–H groups in total. The van der Waals surface area contributed by atoms with Gasteiger partial charge >= 0.3 is 0 Å². The standard InChI is InChI=1S/C27H20N2/c1-17-14-24-26(15-18(17)2)29-25(20-9-4-3-5-10-20)16-23-21-11-7-6-8-19(21)12-13-22(23)27(29)28-24/h3-16H,1-2H3. The number of nitrogens with zero attached hydrogens (tertiary/aromatic N) is 2. The predicted molar refractivity (Wildman–Crippen MR) is 123 cm³/mol. The van der Waals surface area contributed by atoms with E-state index in [0.717, 1.165) is 16.7 Å². The van der Waals surface area contributed by atoms with Gasteiger partial charge in [-0.05, 0) is 71.0 Å². The third-order valence-electron chi connectivity index (χ3n) is 6.07. The van der Waals surface area contributed by atoms with Gasteiger partial charge in [0, 0.05) is 5.39 Å². The average molecular weight is 372 g/mol. The Bertz CT molecular complexity index is 1560. The third kappa shape index (κ3) is 2.32. The van der Waals surface area contributed by atoms with Gasteiger partial charge in [-0.15, -0.1) is 0 Å². The molecule has 2 heteroatoms. The summed E-state index contributed by atoms with van der Waals surface area (Å²) in [6.45, 7) is 4.33. The highest BCUT2D eigenvalue weighted by molar-refractivity contribution is 6.14. The maximum absolute atomic E-state index is 5.10. The fraction of sp³-hybridized carbons (Fsp3) is 0.0741. The molecule has 0 saturated heterocycles. The van der Waals surface area contributed by atoms with Crippen molar-refractivity contribution in [1.29, 1.82) is 0 Å². The SMILES string of the molecule is Cc1cc2nc3c4ccc5ccccc5c4cc(-c4ccccc4)n3c2cc1C. The number of imidazole rings is 1. The highest BCUT2D eigenvalue weighted by Crippen LogP contribution is 2.35. The topological polar surface area (TPSA) is 17.3 Å². The fourth-order valence-corrected chi connectivity index (χ4v) is 4.43. The van der Waals surface area contributed by atoms with Crippen molar-refractivity contribution in [2.45, 2.75) is 13.8 Å². The van der Waals surface area contributed by atoms with Crippen LogP contribution in [0.15, 0.2) is 84.9 Å². The lowest BCUT2D eigenvalue weighted by Gasteiger charge is -2.12. The molecule has 0 aliphatic heterocycles. The van der Waals surface area contributed by atoms with Crippen LogP contribution in [0, 0.1) is 13.8 Å². The molecule has 0 radical (unpaired) electrons. The van der Waals surface area contributed by atoms with Crippen LogP contribution in [0.4, 0.5) is 0 Å². The molecule has 2 aromatic heterocycles. The zero-order chi connectivity index (χ0) is 19.5. The van der Waals surface area contributed by atoms with E-state index in [2.05, 4.69) is 103 Å². The molecule has 0 saturated carbocycles. The van der Waals surface area contributed by atoms with Gasteiger partial charge in [-0.3, -0.25) is 4.40 Å². The van der Waals surface area contributed by atoms with Gasteiger partial charge in [0.2, 0.25) is 0 Å². The number of hydrogen-bond acceptors (Lipinski definition) is 1. The van der Waals surface area contributed by atoms with E-state index < -0.39 is 0 Å². The van der Waals surface area contributed by atoms with Gasteiger partial charge < -0.3 is 0 Å². The largest absolute Gasteiger partial charge is 0.292 e.